The van der Waals surface area contributed by atoms with Crippen molar-refractivity contribution in [2.24, 2.45) is 5.92 Å². The third-order valence-electron chi connectivity index (χ3n) is 6.33. The SMILES string of the molecule is CC(C)c1nc2c(n1Cc1ccc(Cl)c(Cl)c1)C(C(Cc1ccccc1)C(=O)O)CCC2. The Labute approximate surface area is 199 Å². The molecule has 2 atom stereocenters. The highest BCUT2D eigenvalue weighted by Crippen LogP contribution is 2.40. The van der Waals surface area contributed by atoms with Gasteiger partial charge in [0.05, 0.1) is 21.7 Å². The van der Waals surface area contributed by atoms with Gasteiger partial charge in [-0.2, -0.15) is 0 Å². The lowest BCUT2D eigenvalue weighted by atomic mass is 9.77. The van der Waals surface area contributed by atoms with Crippen LogP contribution in [-0.4, -0.2) is 20.6 Å². The number of hydrogen-bond donors (Lipinski definition) is 1. The van der Waals surface area contributed by atoms with Crippen molar-refractivity contribution in [3.8, 4) is 0 Å². The minimum atomic E-state index is -0.750. The van der Waals surface area contributed by atoms with Crippen LogP contribution in [0.5, 0.6) is 0 Å². The molecule has 1 heterocycles. The van der Waals surface area contributed by atoms with E-state index < -0.39 is 11.9 Å². The van der Waals surface area contributed by atoms with E-state index in [0.29, 0.717) is 23.0 Å². The number of carbonyl (C=O) groups is 1. The van der Waals surface area contributed by atoms with E-state index >= 15 is 0 Å². The first kappa shape index (κ1) is 22.9. The Balaban J connectivity index is 1.77. The van der Waals surface area contributed by atoms with Crippen LogP contribution in [0.2, 0.25) is 10.0 Å². The predicted octanol–water partition coefficient (Wildman–Crippen LogP) is 6.73. The molecule has 1 aliphatic carbocycles. The van der Waals surface area contributed by atoms with Crippen molar-refractivity contribution < 1.29 is 9.90 Å². The highest BCUT2D eigenvalue weighted by molar-refractivity contribution is 6.42. The molecule has 0 saturated heterocycles. The van der Waals surface area contributed by atoms with Crippen LogP contribution in [-0.2, 0) is 24.2 Å². The Kier molecular flexibility index (Phi) is 6.92. The first-order chi connectivity index (χ1) is 15.3. The summed E-state index contributed by atoms with van der Waals surface area (Å²) in [5.74, 6) is -0.113. The topological polar surface area (TPSA) is 55.1 Å². The molecule has 1 N–H and O–H groups in total. The summed E-state index contributed by atoms with van der Waals surface area (Å²) in [6.07, 6.45) is 3.20. The normalized spacial score (nSPS) is 16.7. The maximum Gasteiger partial charge on any atom is 0.307 e. The summed E-state index contributed by atoms with van der Waals surface area (Å²) >= 11 is 12.4. The lowest BCUT2D eigenvalue weighted by molar-refractivity contribution is -0.142. The minimum Gasteiger partial charge on any atom is -0.481 e. The van der Waals surface area contributed by atoms with Gasteiger partial charge in [-0.05, 0) is 48.9 Å². The van der Waals surface area contributed by atoms with Gasteiger partial charge in [0.15, 0.2) is 0 Å². The Morgan fingerprint density at radius 2 is 1.88 bits per heavy atom. The van der Waals surface area contributed by atoms with Crippen LogP contribution >= 0.6 is 23.2 Å². The molecule has 0 spiro atoms. The van der Waals surface area contributed by atoms with Crippen molar-refractivity contribution in [3.63, 3.8) is 0 Å². The van der Waals surface area contributed by atoms with E-state index in [2.05, 4.69) is 18.4 Å². The molecule has 0 fully saturated rings. The van der Waals surface area contributed by atoms with Crippen LogP contribution in [0.25, 0.3) is 0 Å². The molecule has 1 aliphatic rings. The van der Waals surface area contributed by atoms with Crippen molar-refractivity contribution in [2.45, 2.75) is 57.9 Å². The minimum absolute atomic E-state index is 0.0840. The van der Waals surface area contributed by atoms with Crippen molar-refractivity contribution >= 4 is 29.2 Å². The number of aliphatic carboxylic acids is 1. The third kappa shape index (κ3) is 4.72. The summed E-state index contributed by atoms with van der Waals surface area (Å²) < 4.78 is 2.24. The van der Waals surface area contributed by atoms with Crippen LogP contribution in [0.1, 0.15) is 66.9 Å². The van der Waals surface area contributed by atoms with Crippen molar-refractivity contribution in [1.82, 2.24) is 9.55 Å². The van der Waals surface area contributed by atoms with E-state index in [4.69, 9.17) is 28.2 Å². The monoisotopic (exact) mass is 470 g/mol. The van der Waals surface area contributed by atoms with Gasteiger partial charge in [-0.3, -0.25) is 4.79 Å². The summed E-state index contributed by atoms with van der Waals surface area (Å²) in [4.78, 5) is 17.4. The summed E-state index contributed by atoms with van der Waals surface area (Å²) in [6, 6.07) is 15.6. The maximum absolute atomic E-state index is 12.4. The zero-order valence-electron chi connectivity index (χ0n) is 18.4. The van der Waals surface area contributed by atoms with Gasteiger partial charge in [-0.25, -0.2) is 4.98 Å². The molecular formula is C26H28Cl2N2O2. The van der Waals surface area contributed by atoms with E-state index in [0.717, 1.165) is 47.6 Å². The van der Waals surface area contributed by atoms with Gasteiger partial charge in [0, 0.05) is 24.1 Å². The quantitative estimate of drug-likeness (QED) is 0.416. The summed E-state index contributed by atoms with van der Waals surface area (Å²) in [5, 5.41) is 11.3. The smallest absolute Gasteiger partial charge is 0.307 e. The Bertz CT molecular complexity index is 1110. The number of aryl methyl sites for hydroxylation is 1. The Hall–Kier alpha value is -2.30. The number of benzene rings is 2. The number of carboxylic acids is 1. The number of rotatable bonds is 7. The number of hydrogen-bond acceptors (Lipinski definition) is 2. The average molecular weight is 471 g/mol. The molecule has 0 bridgehead atoms. The second kappa shape index (κ2) is 9.68. The predicted molar refractivity (Wildman–Crippen MR) is 129 cm³/mol. The van der Waals surface area contributed by atoms with E-state index in [9.17, 15) is 9.90 Å². The molecule has 0 amide bonds. The van der Waals surface area contributed by atoms with Gasteiger partial charge in [0.2, 0.25) is 0 Å². The molecule has 4 rings (SSSR count). The van der Waals surface area contributed by atoms with Crippen LogP contribution < -0.4 is 0 Å². The number of carboxylic acid groups (broad SMARTS) is 1. The lowest BCUT2D eigenvalue weighted by Crippen LogP contribution is -2.29. The van der Waals surface area contributed by atoms with E-state index in [1.165, 1.54) is 0 Å². The maximum atomic E-state index is 12.4. The molecule has 1 aromatic heterocycles. The van der Waals surface area contributed by atoms with Gasteiger partial charge in [0.25, 0.3) is 0 Å². The van der Waals surface area contributed by atoms with Crippen LogP contribution in [0, 0.1) is 5.92 Å². The fourth-order valence-electron chi connectivity index (χ4n) is 4.85. The molecule has 32 heavy (non-hydrogen) atoms. The average Bonchev–Trinajstić information content (AvgIpc) is 3.14. The summed E-state index contributed by atoms with van der Waals surface area (Å²) in [5.41, 5.74) is 4.20. The standard InChI is InChI=1S/C26H28Cl2N2O2/c1-16(2)25-29-23-10-6-9-19(20(26(31)32)13-17-7-4-3-5-8-17)24(23)30(25)15-18-11-12-21(27)22(28)14-18/h3-5,7-8,11-12,14,16,19-20H,6,9-10,13,15H2,1-2H3,(H,31,32). The lowest BCUT2D eigenvalue weighted by Gasteiger charge is -2.30. The highest BCUT2D eigenvalue weighted by Gasteiger charge is 2.37. The summed E-state index contributed by atoms with van der Waals surface area (Å²) in [6.45, 7) is 4.86. The highest BCUT2D eigenvalue weighted by atomic mass is 35.5. The molecule has 4 nitrogen and oxygen atoms in total. The molecule has 0 radical (unpaired) electrons. The number of fused-ring (bicyclic) bond motifs is 1. The first-order valence-electron chi connectivity index (χ1n) is 11.1. The van der Waals surface area contributed by atoms with Gasteiger partial charge < -0.3 is 9.67 Å². The molecule has 3 aromatic rings. The van der Waals surface area contributed by atoms with E-state index in [-0.39, 0.29) is 11.8 Å². The second-order valence-corrected chi connectivity index (χ2v) is 9.74. The largest absolute Gasteiger partial charge is 0.481 e. The Morgan fingerprint density at radius 3 is 2.53 bits per heavy atom. The molecule has 2 aromatic carbocycles. The molecule has 2 unspecified atom stereocenters. The van der Waals surface area contributed by atoms with Crippen LogP contribution in [0.15, 0.2) is 48.5 Å². The van der Waals surface area contributed by atoms with Gasteiger partial charge >= 0.3 is 5.97 Å². The van der Waals surface area contributed by atoms with Gasteiger partial charge in [-0.15, -0.1) is 0 Å². The summed E-state index contributed by atoms with van der Waals surface area (Å²) in [7, 11) is 0. The van der Waals surface area contributed by atoms with Gasteiger partial charge in [0.1, 0.15) is 5.82 Å². The van der Waals surface area contributed by atoms with Crippen molar-refractivity contribution in [1.29, 1.82) is 0 Å². The van der Waals surface area contributed by atoms with Crippen molar-refractivity contribution in [3.05, 3.63) is 86.9 Å². The molecule has 168 valence electrons. The number of nitrogens with zero attached hydrogens (tertiary/aromatic N) is 2. The molecule has 6 heteroatoms. The van der Waals surface area contributed by atoms with E-state index in [1.807, 2.05) is 48.5 Å². The van der Waals surface area contributed by atoms with Crippen LogP contribution in [0.4, 0.5) is 0 Å². The molecule has 0 saturated carbocycles. The zero-order chi connectivity index (χ0) is 22.8. The fraction of sp³-hybridized carbons (Fsp3) is 0.385. The zero-order valence-corrected chi connectivity index (χ0v) is 19.9. The number of imidazole rings is 1. The molecular weight excluding hydrogens is 443 g/mol. The van der Waals surface area contributed by atoms with Gasteiger partial charge in [-0.1, -0.05) is 73.4 Å². The number of aromatic nitrogens is 2. The van der Waals surface area contributed by atoms with Crippen molar-refractivity contribution in [2.75, 3.05) is 0 Å². The van der Waals surface area contributed by atoms with Crippen LogP contribution in [0.3, 0.4) is 0 Å². The Morgan fingerprint density at radius 1 is 1.12 bits per heavy atom. The third-order valence-corrected chi connectivity index (χ3v) is 7.07. The fourth-order valence-corrected chi connectivity index (χ4v) is 5.17. The first-order valence-corrected chi connectivity index (χ1v) is 11.9. The molecule has 0 aliphatic heterocycles. The van der Waals surface area contributed by atoms with E-state index in [1.54, 1.807) is 0 Å². The second-order valence-electron chi connectivity index (χ2n) is 8.92. The number of halogens is 2.